The van der Waals surface area contributed by atoms with Crippen LogP contribution in [-0.2, 0) is 14.3 Å². The van der Waals surface area contributed by atoms with Gasteiger partial charge in [-0.3, -0.25) is 4.79 Å². The minimum atomic E-state index is -0.498. The molecule has 1 saturated heterocycles. The molecule has 5 heteroatoms. The summed E-state index contributed by atoms with van der Waals surface area (Å²) in [6, 6.07) is 7.77. The highest BCUT2D eigenvalue weighted by atomic mass is 16.5. The Labute approximate surface area is 137 Å². The highest BCUT2D eigenvalue weighted by molar-refractivity contribution is 5.93. The van der Waals surface area contributed by atoms with E-state index < -0.39 is 5.97 Å². The second-order valence-corrected chi connectivity index (χ2v) is 5.56. The molecule has 1 N–H and O–H groups in total. The van der Waals surface area contributed by atoms with E-state index in [1.807, 2.05) is 31.2 Å². The summed E-state index contributed by atoms with van der Waals surface area (Å²) >= 11 is 0. The van der Waals surface area contributed by atoms with Gasteiger partial charge in [0, 0.05) is 30.5 Å². The molecular weight excluding hydrogens is 292 g/mol. The van der Waals surface area contributed by atoms with Crippen molar-refractivity contribution in [2.45, 2.75) is 32.6 Å². The molecule has 124 valence electrons. The molecule has 1 aromatic rings. The Morgan fingerprint density at radius 3 is 2.52 bits per heavy atom. The van der Waals surface area contributed by atoms with Crippen molar-refractivity contribution in [2.24, 2.45) is 0 Å². The minimum absolute atomic E-state index is 0.277. The average molecular weight is 316 g/mol. The number of anilines is 2. The number of nitrogens with one attached hydrogen (secondary N) is 1. The lowest BCUT2D eigenvalue weighted by Gasteiger charge is -2.28. The Morgan fingerprint density at radius 2 is 1.87 bits per heavy atom. The summed E-state index contributed by atoms with van der Waals surface area (Å²) in [7, 11) is 0. The Kier molecular flexibility index (Phi) is 6.66. The first-order valence-electron chi connectivity index (χ1n) is 8.17. The fraction of sp³-hybridized carbons (Fsp3) is 0.444. The van der Waals surface area contributed by atoms with E-state index in [9.17, 15) is 9.59 Å². The number of ether oxygens (including phenoxy) is 1. The molecular formula is C18H24N2O3. The molecule has 2 rings (SSSR count). The highest BCUT2D eigenvalue weighted by Crippen LogP contribution is 2.21. The van der Waals surface area contributed by atoms with E-state index in [0.717, 1.165) is 19.5 Å². The van der Waals surface area contributed by atoms with Crippen LogP contribution in [0.5, 0.6) is 0 Å². The summed E-state index contributed by atoms with van der Waals surface area (Å²) in [5.74, 6) is -0.837. The maximum Gasteiger partial charge on any atom is 0.330 e. The third-order valence-corrected chi connectivity index (χ3v) is 3.71. The normalized spacial score (nSPS) is 14.7. The lowest BCUT2D eigenvalue weighted by Crippen LogP contribution is -2.29. The smallest absolute Gasteiger partial charge is 0.330 e. The molecule has 1 amide bonds. The Morgan fingerprint density at radius 1 is 1.17 bits per heavy atom. The van der Waals surface area contributed by atoms with Crippen LogP contribution < -0.4 is 10.2 Å². The first kappa shape index (κ1) is 17.1. The predicted molar refractivity (Wildman–Crippen MR) is 91.5 cm³/mol. The van der Waals surface area contributed by atoms with E-state index in [1.165, 1.54) is 31.0 Å². The molecule has 0 aromatic heterocycles. The zero-order valence-electron chi connectivity index (χ0n) is 13.6. The maximum atomic E-state index is 11.8. The number of rotatable bonds is 6. The number of nitrogens with zero attached hydrogens (tertiary/aromatic N) is 1. The summed E-state index contributed by atoms with van der Waals surface area (Å²) in [4.78, 5) is 25.4. The number of carbonyl (C=O) groups is 2. The summed E-state index contributed by atoms with van der Waals surface area (Å²) in [5.41, 5.74) is 1.88. The lowest BCUT2D eigenvalue weighted by molar-refractivity contribution is -0.142. The number of amides is 1. The van der Waals surface area contributed by atoms with Crippen LogP contribution in [0.15, 0.2) is 36.4 Å². The third kappa shape index (κ3) is 5.77. The van der Waals surface area contributed by atoms with E-state index in [4.69, 9.17) is 4.74 Å². The van der Waals surface area contributed by atoms with Crippen LogP contribution in [0.2, 0.25) is 0 Å². The van der Waals surface area contributed by atoms with Gasteiger partial charge in [-0.05, 0) is 49.9 Å². The van der Waals surface area contributed by atoms with Gasteiger partial charge in [0.25, 0.3) is 5.91 Å². The van der Waals surface area contributed by atoms with Gasteiger partial charge in [0.15, 0.2) is 6.61 Å². The molecule has 0 bridgehead atoms. The summed E-state index contributed by atoms with van der Waals surface area (Å²) in [5, 5.41) is 2.72. The number of hydrogen-bond donors (Lipinski definition) is 1. The second kappa shape index (κ2) is 8.98. The zero-order chi connectivity index (χ0) is 16.5. The van der Waals surface area contributed by atoms with Gasteiger partial charge in [0.05, 0.1) is 0 Å². The standard InChI is InChI=1S/C18H24N2O3/c1-2-3-7-18(22)23-14-17(21)19-15-8-10-16(11-9-15)20-12-5-4-6-13-20/h3,7-11H,2,4-6,12-14H2,1H3,(H,19,21)/b7-3+. The number of esters is 1. The molecule has 1 aliphatic heterocycles. The van der Waals surface area contributed by atoms with E-state index in [2.05, 4.69) is 10.2 Å². The third-order valence-electron chi connectivity index (χ3n) is 3.71. The van der Waals surface area contributed by atoms with Crippen molar-refractivity contribution in [3.05, 3.63) is 36.4 Å². The molecule has 0 spiro atoms. The molecule has 0 radical (unpaired) electrons. The minimum Gasteiger partial charge on any atom is -0.452 e. The van der Waals surface area contributed by atoms with E-state index in [-0.39, 0.29) is 12.5 Å². The van der Waals surface area contributed by atoms with Gasteiger partial charge in [0.1, 0.15) is 0 Å². The van der Waals surface area contributed by atoms with Crippen LogP contribution >= 0.6 is 0 Å². The number of hydrogen-bond acceptors (Lipinski definition) is 4. The van der Waals surface area contributed by atoms with E-state index in [0.29, 0.717) is 5.69 Å². The Bertz CT molecular complexity index is 546. The number of benzene rings is 1. The van der Waals surface area contributed by atoms with Crippen molar-refractivity contribution in [3.63, 3.8) is 0 Å². The molecule has 1 fully saturated rings. The Balaban J connectivity index is 1.79. The topological polar surface area (TPSA) is 58.6 Å². The second-order valence-electron chi connectivity index (χ2n) is 5.56. The van der Waals surface area contributed by atoms with Crippen molar-refractivity contribution >= 4 is 23.3 Å². The van der Waals surface area contributed by atoms with Crippen molar-refractivity contribution < 1.29 is 14.3 Å². The van der Waals surface area contributed by atoms with Crippen LogP contribution in [0.4, 0.5) is 11.4 Å². The first-order chi connectivity index (χ1) is 11.2. The van der Waals surface area contributed by atoms with Gasteiger partial charge in [-0.25, -0.2) is 4.79 Å². The molecule has 0 aliphatic carbocycles. The molecule has 0 atom stereocenters. The van der Waals surface area contributed by atoms with Gasteiger partial charge >= 0.3 is 5.97 Å². The Hall–Kier alpha value is -2.30. The van der Waals surface area contributed by atoms with Crippen molar-refractivity contribution in [1.29, 1.82) is 0 Å². The SMILES string of the molecule is CC/C=C/C(=O)OCC(=O)Nc1ccc(N2CCCCC2)cc1. The van der Waals surface area contributed by atoms with Gasteiger partial charge in [-0.2, -0.15) is 0 Å². The summed E-state index contributed by atoms with van der Waals surface area (Å²) in [6.45, 7) is 3.82. The summed E-state index contributed by atoms with van der Waals surface area (Å²) < 4.78 is 4.85. The van der Waals surface area contributed by atoms with Crippen LogP contribution in [-0.4, -0.2) is 31.6 Å². The van der Waals surface area contributed by atoms with Gasteiger partial charge in [0.2, 0.25) is 0 Å². The maximum absolute atomic E-state index is 11.8. The fourth-order valence-corrected chi connectivity index (χ4v) is 2.50. The van der Waals surface area contributed by atoms with E-state index in [1.54, 1.807) is 6.08 Å². The molecule has 1 aromatic carbocycles. The molecule has 23 heavy (non-hydrogen) atoms. The van der Waals surface area contributed by atoms with Crippen LogP contribution in [0.1, 0.15) is 32.6 Å². The molecule has 0 saturated carbocycles. The number of allylic oxidation sites excluding steroid dienone is 1. The lowest BCUT2D eigenvalue weighted by atomic mass is 10.1. The van der Waals surface area contributed by atoms with Crippen LogP contribution in [0.3, 0.4) is 0 Å². The predicted octanol–water partition coefficient (Wildman–Crippen LogP) is 3.12. The van der Waals surface area contributed by atoms with Crippen molar-refractivity contribution in [1.82, 2.24) is 0 Å². The first-order valence-corrected chi connectivity index (χ1v) is 8.17. The molecule has 5 nitrogen and oxygen atoms in total. The monoisotopic (exact) mass is 316 g/mol. The highest BCUT2D eigenvalue weighted by Gasteiger charge is 2.11. The van der Waals surface area contributed by atoms with Crippen LogP contribution in [0, 0.1) is 0 Å². The van der Waals surface area contributed by atoms with Gasteiger partial charge < -0.3 is 15.0 Å². The summed E-state index contributed by atoms with van der Waals surface area (Å²) in [6.07, 6.45) is 7.55. The quantitative estimate of drug-likeness (QED) is 0.647. The molecule has 1 heterocycles. The number of piperidine rings is 1. The van der Waals surface area contributed by atoms with Crippen molar-refractivity contribution in [2.75, 3.05) is 29.9 Å². The fourth-order valence-electron chi connectivity index (χ4n) is 2.50. The van der Waals surface area contributed by atoms with Crippen molar-refractivity contribution in [3.8, 4) is 0 Å². The number of carbonyl (C=O) groups excluding carboxylic acids is 2. The van der Waals surface area contributed by atoms with Gasteiger partial charge in [-0.15, -0.1) is 0 Å². The van der Waals surface area contributed by atoms with Crippen LogP contribution in [0.25, 0.3) is 0 Å². The zero-order valence-corrected chi connectivity index (χ0v) is 13.6. The molecule has 1 aliphatic rings. The largest absolute Gasteiger partial charge is 0.452 e. The van der Waals surface area contributed by atoms with Gasteiger partial charge in [-0.1, -0.05) is 13.0 Å². The van der Waals surface area contributed by atoms with E-state index >= 15 is 0 Å². The average Bonchev–Trinajstić information content (AvgIpc) is 2.59. The molecule has 0 unspecified atom stereocenters.